The second kappa shape index (κ2) is 7.10. The molecule has 0 radical (unpaired) electrons. The third kappa shape index (κ3) is 5.48. The summed E-state index contributed by atoms with van der Waals surface area (Å²) in [7, 11) is 0. The molecule has 0 aromatic rings. The number of hydrogen-bond acceptors (Lipinski definition) is 2. The Morgan fingerprint density at radius 2 is 1.93 bits per heavy atom. The monoisotopic (exact) mass is 220 g/mol. The molecule has 0 unspecified atom stereocenters. The number of halogens is 1. The van der Waals surface area contributed by atoms with Crippen LogP contribution in [-0.4, -0.2) is 17.5 Å². The molecule has 0 aliphatic rings. The number of carbonyl (C=O) groups is 1. The lowest BCUT2D eigenvalue weighted by atomic mass is 10.1. The summed E-state index contributed by atoms with van der Waals surface area (Å²) in [6, 6.07) is 0. The van der Waals surface area contributed by atoms with Gasteiger partial charge in [-0.25, -0.2) is 0 Å². The average molecular weight is 221 g/mol. The maximum Gasteiger partial charge on any atom is 0.326 e. The van der Waals surface area contributed by atoms with Gasteiger partial charge in [0.15, 0.2) is 0 Å². The highest BCUT2D eigenvalue weighted by atomic mass is 35.5. The van der Waals surface area contributed by atoms with Gasteiger partial charge in [-0.2, -0.15) is 0 Å². The van der Waals surface area contributed by atoms with Crippen LogP contribution in [0.25, 0.3) is 0 Å². The van der Waals surface area contributed by atoms with Gasteiger partial charge in [-0.3, -0.25) is 4.79 Å². The van der Waals surface area contributed by atoms with Gasteiger partial charge in [0.05, 0.1) is 6.61 Å². The molecular weight excluding hydrogens is 200 g/mol. The van der Waals surface area contributed by atoms with Crippen LogP contribution >= 0.6 is 11.6 Å². The van der Waals surface area contributed by atoms with Gasteiger partial charge in [-0.15, -0.1) is 11.6 Å². The molecule has 0 N–H and O–H groups in total. The first-order valence-corrected chi connectivity index (χ1v) is 5.78. The van der Waals surface area contributed by atoms with Crippen molar-refractivity contribution in [2.45, 2.75) is 57.7 Å². The molecule has 0 amide bonds. The number of rotatable bonds is 7. The predicted molar refractivity (Wildman–Crippen MR) is 59.7 cm³/mol. The van der Waals surface area contributed by atoms with Gasteiger partial charge in [0, 0.05) is 0 Å². The van der Waals surface area contributed by atoms with E-state index in [2.05, 4.69) is 6.92 Å². The van der Waals surface area contributed by atoms with Crippen molar-refractivity contribution >= 4 is 17.6 Å². The molecule has 0 aliphatic heterocycles. The number of esters is 1. The summed E-state index contributed by atoms with van der Waals surface area (Å²) in [6.07, 6.45) is 5.05. The van der Waals surface area contributed by atoms with Crippen LogP contribution in [0.2, 0.25) is 0 Å². The van der Waals surface area contributed by atoms with Crippen molar-refractivity contribution in [2.75, 3.05) is 6.61 Å². The maximum atomic E-state index is 11.4. The van der Waals surface area contributed by atoms with E-state index in [0.29, 0.717) is 13.0 Å². The summed E-state index contributed by atoms with van der Waals surface area (Å²) in [6.45, 7) is 6.23. The fraction of sp³-hybridized carbons (Fsp3) is 0.909. The molecule has 0 spiro atoms. The van der Waals surface area contributed by atoms with Crippen LogP contribution in [0.15, 0.2) is 0 Å². The third-order valence-electron chi connectivity index (χ3n) is 2.32. The van der Waals surface area contributed by atoms with Crippen molar-refractivity contribution in [2.24, 2.45) is 0 Å². The van der Waals surface area contributed by atoms with E-state index in [1.807, 2.05) is 6.92 Å². The van der Waals surface area contributed by atoms with Crippen LogP contribution in [0.5, 0.6) is 0 Å². The molecule has 0 aliphatic carbocycles. The van der Waals surface area contributed by atoms with Crippen molar-refractivity contribution in [1.82, 2.24) is 0 Å². The number of alkyl halides is 1. The van der Waals surface area contributed by atoms with E-state index in [4.69, 9.17) is 16.3 Å². The SMILES string of the molecule is CCCCCCOC(=O)[C@@](C)(Cl)CC. The van der Waals surface area contributed by atoms with Crippen LogP contribution in [0.1, 0.15) is 52.9 Å². The standard InChI is InChI=1S/C11H21ClO2/c1-4-6-7-8-9-14-10(13)11(3,12)5-2/h4-9H2,1-3H3/t11-/m0/s1. The largest absolute Gasteiger partial charge is 0.464 e. The summed E-state index contributed by atoms with van der Waals surface area (Å²) in [5.41, 5.74) is 0. The fourth-order valence-corrected chi connectivity index (χ4v) is 1.04. The van der Waals surface area contributed by atoms with Gasteiger partial charge in [0.25, 0.3) is 0 Å². The van der Waals surface area contributed by atoms with Crippen LogP contribution in [0.4, 0.5) is 0 Å². The van der Waals surface area contributed by atoms with E-state index in [-0.39, 0.29) is 5.97 Å². The highest BCUT2D eigenvalue weighted by Crippen LogP contribution is 2.20. The summed E-state index contributed by atoms with van der Waals surface area (Å²) in [5.74, 6) is -0.293. The lowest BCUT2D eigenvalue weighted by molar-refractivity contribution is -0.146. The van der Waals surface area contributed by atoms with E-state index in [1.165, 1.54) is 12.8 Å². The summed E-state index contributed by atoms with van der Waals surface area (Å²) in [5, 5.41) is 0. The maximum absolute atomic E-state index is 11.4. The fourth-order valence-electron chi connectivity index (χ4n) is 0.989. The number of ether oxygens (including phenoxy) is 1. The van der Waals surface area contributed by atoms with Crippen molar-refractivity contribution in [3.8, 4) is 0 Å². The molecule has 0 fully saturated rings. The zero-order valence-corrected chi connectivity index (χ0v) is 10.2. The number of hydrogen-bond donors (Lipinski definition) is 0. The lowest BCUT2D eigenvalue weighted by Crippen LogP contribution is -2.30. The Morgan fingerprint density at radius 1 is 1.29 bits per heavy atom. The Bertz CT molecular complexity index is 167. The van der Waals surface area contributed by atoms with E-state index < -0.39 is 4.87 Å². The topological polar surface area (TPSA) is 26.3 Å². The Balaban J connectivity index is 3.54. The Kier molecular flexibility index (Phi) is 6.98. The molecule has 3 heteroatoms. The van der Waals surface area contributed by atoms with Crippen molar-refractivity contribution in [1.29, 1.82) is 0 Å². The smallest absolute Gasteiger partial charge is 0.326 e. The van der Waals surface area contributed by atoms with Crippen molar-refractivity contribution in [3.05, 3.63) is 0 Å². The minimum Gasteiger partial charge on any atom is -0.464 e. The number of unbranched alkanes of at least 4 members (excludes halogenated alkanes) is 3. The second-order valence-electron chi connectivity index (χ2n) is 3.75. The molecule has 0 aromatic carbocycles. The molecule has 14 heavy (non-hydrogen) atoms. The molecule has 0 saturated heterocycles. The van der Waals surface area contributed by atoms with Crippen LogP contribution in [0.3, 0.4) is 0 Å². The van der Waals surface area contributed by atoms with Crippen LogP contribution in [0, 0.1) is 0 Å². The first-order valence-electron chi connectivity index (χ1n) is 5.40. The van der Waals surface area contributed by atoms with E-state index in [9.17, 15) is 4.79 Å². The summed E-state index contributed by atoms with van der Waals surface area (Å²) < 4.78 is 5.07. The zero-order valence-electron chi connectivity index (χ0n) is 9.44. The van der Waals surface area contributed by atoms with E-state index in [1.54, 1.807) is 6.92 Å². The summed E-state index contributed by atoms with van der Waals surface area (Å²) >= 11 is 5.94. The quantitative estimate of drug-likeness (QED) is 0.373. The van der Waals surface area contributed by atoms with Crippen molar-refractivity contribution < 1.29 is 9.53 Å². The van der Waals surface area contributed by atoms with Gasteiger partial charge < -0.3 is 4.74 Å². The molecular formula is C11H21ClO2. The van der Waals surface area contributed by atoms with Gasteiger partial charge in [0.2, 0.25) is 0 Å². The van der Waals surface area contributed by atoms with Gasteiger partial charge in [-0.1, -0.05) is 33.1 Å². The highest BCUT2D eigenvalue weighted by Gasteiger charge is 2.29. The van der Waals surface area contributed by atoms with Crippen LogP contribution in [-0.2, 0) is 9.53 Å². The molecule has 0 heterocycles. The third-order valence-corrected chi connectivity index (χ3v) is 2.74. The van der Waals surface area contributed by atoms with E-state index in [0.717, 1.165) is 12.8 Å². The minimum atomic E-state index is -0.843. The second-order valence-corrected chi connectivity index (χ2v) is 4.58. The predicted octanol–water partition coefficient (Wildman–Crippen LogP) is 3.52. The molecule has 84 valence electrons. The van der Waals surface area contributed by atoms with E-state index >= 15 is 0 Å². The molecule has 0 rings (SSSR count). The Hall–Kier alpha value is -0.240. The molecule has 0 aromatic heterocycles. The minimum absolute atomic E-state index is 0.293. The first kappa shape index (κ1) is 13.8. The van der Waals surface area contributed by atoms with Crippen molar-refractivity contribution in [3.63, 3.8) is 0 Å². The highest BCUT2D eigenvalue weighted by molar-refractivity contribution is 6.33. The normalized spacial score (nSPS) is 14.9. The van der Waals surface area contributed by atoms with Gasteiger partial charge in [-0.05, 0) is 19.8 Å². The van der Waals surface area contributed by atoms with Crippen LogP contribution < -0.4 is 0 Å². The van der Waals surface area contributed by atoms with Gasteiger partial charge in [0.1, 0.15) is 4.87 Å². The summed E-state index contributed by atoms with van der Waals surface area (Å²) in [4.78, 5) is 10.5. The average Bonchev–Trinajstić information content (AvgIpc) is 2.17. The molecule has 1 atom stereocenters. The molecule has 0 bridgehead atoms. The Labute approximate surface area is 92.0 Å². The lowest BCUT2D eigenvalue weighted by Gasteiger charge is -2.17. The van der Waals surface area contributed by atoms with Gasteiger partial charge >= 0.3 is 5.97 Å². The zero-order chi connectivity index (χ0) is 11.0. The number of carbonyl (C=O) groups excluding carboxylic acids is 1. The Morgan fingerprint density at radius 3 is 2.43 bits per heavy atom. The molecule has 0 saturated carbocycles. The molecule has 2 nitrogen and oxygen atoms in total. The first-order chi connectivity index (χ1) is 6.54.